The molecule has 0 aliphatic carbocycles. The van der Waals surface area contributed by atoms with Gasteiger partial charge in [0.1, 0.15) is 5.75 Å². The fourth-order valence-electron chi connectivity index (χ4n) is 2.58. The Morgan fingerprint density at radius 3 is 2.33 bits per heavy atom. The van der Waals surface area contributed by atoms with E-state index in [1.165, 1.54) is 5.39 Å². The van der Waals surface area contributed by atoms with E-state index in [1.807, 2.05) is 54.6 Å². The van der Waals surface area contributed by atoms with E-state index in [4.69, 9.17) is 4.74 Å². The molecular formula is C19H18O2. The van der Waals surface area contributed by atoms with Gasteiger partial charge in [-0.3, -0.25) is 0 Å². The minimum absolute atomic E-state index is 0.434. The first-order valence-corrected chi connectivity index (χ1v) is 7.07. The summed E-state index contributed by atoms with van der Waals surface area (Å²) in [6.45, 7) is 1.70. The number of para-hydroxylation sites is 1. The van der Waals surface area contributed by atoms with Gasteiger partial charge >= 0.3 is 0 Å². The molecule has 106 valence electrons. The Morgan fingerprint density at radius 1 is 0.857 bits per heavy atom. The topological polar surface area (TPSA) is 29.5 Å². The Bertz CT molecular complexity index is 727. The van der Waals surface area contributed by atoms with Crippen molar-refractivity contribution in [3.63, 3.8) is 0 Å². The zero-order chi connectivity index (χ0) is 14.7. The summed E-state index contributed by atoms with van der Waals surface area (Å²) >= 11 is 0. The maximum absolute atomic E-state index is 10.6. The van der Waals surface area contributed by atoms with Crippen LogP contribution < -0.4 is 4.74 Å². The molecule has 21 heavy (non-hydrogen) atoms. The van der Waals surface area contributed by atoms with Crippen LogP contribution in [0.3, 0.4) is 0 Å². The summed E-state index contributed by atoms with van der Waals surface area (Å²) < 4.78 is 5.71. The number of aliphatic hydroxyl groups is 1. The summed E-state index contributed by atoms with van der Waals surface area (Å²) in [4.78, 5) is 0. The first-order valence-electron chi connectivity index (χ1n) is 7.07. The van der Waals surface area contributed by atoms with Gasteiger partial charge in [0, 0.05) is 13.3 Å². The molecule has 3 rings (SSSR count). The summed E-state index contributed by atoms with van der Waals surface area (Å²) in [6, 6.07) is 23.7. The van der Waals surface area contributed by atoms with Crippen LogP contribution in [0.15, 0.2) is 72.8 Å². The van der Waals surface area contributed by atoms with Gasteiger partial charge in [-0.15, -0.1) is 0 Å². The molecule has 1 atom stereocenters. The maximum atomic E-state index is 10.6. The van der Waals surface area contributed by atoms with Crippen LogP contribution in [0.25, 0.3) is 10.8 Å². The van der Waals surface area contributed by atoms with Crippen molar-refractivity contribution in [2.75, 3.05) is 0 Å². The molecule has 0 bridgehead atoms. The van der Waals surface area contributed by atoms with E-state index in [-0.39, 0.29) is 0 Å². The van der Waals surface area contributed by atoms with Gasteiger partial charge in [0.15, 0.2) is 0 Å². The smallest absolute Gasteiger partial charge is 0.209 e. The lowest BCUT2D eigenvalue weighted by molar-refractivity contribution is -0.119. The Labute approximate surface area is 124 Å². The summed E-state index contributed by atoms with van der Waals surface area (Å²) in [7, 11) is 0. The van der Waals surface area contributed by atoms with Crippen LogP contribution in [-0.2, 0) is 6.42 Å². The van der Waals surface area contributed by atoms with Crippen molar-refractivity contribution in [1.29, 1.82) is 0 Å². The van der Waals surface area contributed by atoms with E-state index >= 15 is 0 Å². The molecule has 0 aromatic heterocycles. The SMILES string of the molecule is CC(O)(Cc1cccc2ccccc12)Oc1ccccc1. The molecule has 2 nitrogen and oxygen atoms in total. The molecule has 2 heteroatoms. The fourth-order valence-corrected chi connectivity index (χ4v) is 2.58. The van der Waals surface area contributed by atoms with Gasteiger partial charge in [-0.05, 0) is 28.5 Å². The molecule has 0 fully saturated rings. The van der Waals surface area contributed by atoms with Crippen molar-refractivity contribution in [2.45, 2.75) is 19.1 Å². The Kier molecular flexibility index (Phi) is 3.63. The van der Waals surface area contributed by atoms with Crippen LogP contribution in [0.1, 0.15) is 12.5 Å². The normalized spacial score (nSPS) is 13.8. The number of rotatable bonds is 4. The summed E-state index contributed by atoms with van der Waals surface area (Å²) in [5, 5.41) is 12.9. The van der Waals surface area contributed by atoms with E-state index in [1.54, 1.807) is 6.92 Å². The summed E-state index contributed by atoms with van der Waals surface area (Å²) in [5.41, 5.74) is 1.08. The maximum Gasteiger partial charge on any atom is 0.209 e. The van der Waals surface area contributed by atoms with Crippen LogP contribution in [0.4, 0.5) is 0 Å². The predicted octanol–water partition coefficient (Wildman–Crippen LogP) is 4.17. The molecule has 0 saturated carbocycles. The van der Waals surface area contributed by atoms with E-state index in [0.29, 0.717) is 12.2 Å². The first-order chi connectivity index (χ1) is 10.1. The number of hydrogen-bond acceptors (Lipinski definition) is 2. The summed E-state index contributed by atoms with van der Waals surface area (Å²) in [6.07, 6.45) is 0.434. The van der Waals surface area contributed by atoms with Crippen LogP contribution in [0.5, 0.6) is 5.75 Å². The van der Waals surface area contributed by atoms with Crippen LogP contribution in [0.2, 0.25) is 0 Å². The van der Waals surface area contributed by atoms with Crippen molar-refractivity contribution in [3.05, 3.63) is 78.4 Å². The van der Waals surface area contributed by atoms with Crippen molar-refractivity contribution in [3.8, 4) is 5.75 Å². The highest BCUT2D eigenvalue weighted by Crippen LogP contribution is 2.25. The van der Waals surface area contributed by atoms with Gasteiger partial charge in [0.2, 0.25) is 5.79 Å². The third kappa shape index (κ3) is 3.23. The third-order valence-electron chi connectivity index (χ3n) is 3.48. The minimum Gasteiger partial charge on any atom is -0.463 e. The monoisotopic (exact) mass is 278 g/mol. The molecule has 0 aliphatic heterocycles. The molecule has 1 unspecified atom stereocenters. The van der Waals surface area contributed by atoms with Gasteiger partial charge in [-0.25, -0.2) is 0 Å². The quantitative estimate of drug-likeness (QED) is 0.726. The number of benzene rings is 3. The number of ether oxygens (including phenoxy) is 1. The minimum atomic E-state index is -1.24. The lowest BCUT2D eigenvalue weighted by Crippen LogP contribution is -2.34. The molecule has 3 aromatic rings. The lowest BCUT2D eigenvalue weighted by Gasteiger charge is -2.25. The predicted molar refractivity (Wildman–Crippen MR) is 85.3 cm³/mol. The Hall–Kier alpha value is -2.32. The van der Waals surface area contributed by atoms with Crippen LogP contribution in [0, 0.1) is 0 Å². The van der Waals surface area contributed by atoms with Crippen molar-refractivity contribution in [2.24, 2.45) is 0 Å². The lowest BCUT2D eigenvalue weighted by atomic mass is 9.99. The number of fused-ring (bicyclic) bond motifs is 1. The van der Waals surface area contributed by atoms with Crippen molar-refractivity contribution < 1.29 is 9.84 Å². The molecule has 0 radical (unpaired) electrons. The highest BCUT2D eigenvalue weighted by molar-refractivity contribution is 5.85. The fraction of sp³-hybridized carbons (Fsp3) is 0.158. The highest BCUT2D eigenvalue weighted by atomic mass is 16.6. The Morgan fingerprint density at radius 2 is 1.52 bits per heavy atom. The highest BCUT2D eigenvalue weighted by Gasteiger charge is 2.23. The molecule has 0 heterocycles. The van der Waals surface area contributed by atoms with Crippen LogP contribution in [-0.4, -0.2) is 10.9 Å². The van der Waals surface area contributed by atoms with Crippen molar-refractivity contribution >= 4 is 10.8 Å². The molecule has 0 aliphatic rings. The molecule has 0 saturated heterocycles. The van der Waals surface area contributed by atoms with E-state index in [2.05, 4.69) is 18.2 Å². The molecule has 1 N–H and O–H groups in total. The first kappa shape index (κ1) is 13.7. The molecular weight excluding hydrogens is 260 g/mol. The molecule has 0 amide bonds. The van der Waals surface area contributed by atoms with Gasteiger partial charge < -0.3 is 9.84 Å². The average Bonchev–Trinajstić information content (AvgIpc) is 2.48. The molecule has 3 aromatic carbocycles. The van der Waals surface area contributed by atoms with Gasteiger partial charge in [0.05, 0.1) is 0 Å². The van der Waals surface area contributed by atoms with E-state index in [0.717, 1.165) is 10.9 Å². The van der Waals surface area contributed by atoms with E-state index < -0.39 is 5.79 Å². The van der Waals surface area contributed by atoms with Gasteiger partial charge in [-0.1, -0.05) is 60.7 Å². The van der Waals surface area contributed by atoms with Crippen LogP contribution >= 0.6 is 0 Å². The second kappa shape index (κ2) is 5.58. The third-order valence-corrected chi connectivity index (χ3v) is 3.48. The molecule has 0 spiro atoms. The zero-order valence-electron chi connectivity index (χ0n) is 12.0. The zero-order valence-corrected chi connectivity index (χ0v) is 12.0. The van der Waals surface area contributed by atoms with Gasteiger partial charge in [0.25, 0.3) is 0 Å². The standard InChI is InChI=1S/C19H18O2/c1-19(20,21-17-11-3-2-4-12-17)14-16-10-7-9-15-8-5-6-13-18(15)16/h2-13,20H,14H2,1H3. The second-order valence-electron chi connectivity index (χ2n) is 5.41. The average molecular weight is 278 g/mol. The number of hydrogen-bond donors (Lipinski definition) is 1. The largest absolute Gasteiger partial charge is 0.463 e. The van der Waals surface area contributed by atoms with E-state index in [9.17, 15) is 5.11 Å². The van der Waals surface area contributed by atoms with Gasteiger partial charge in [-0.2, -0.15) is 0 Å². The van der Waals surface area contributed by atoms with Crippen molar-refractivity contribution in [1.82, 2.24) is 0 Å². The second-order valence-corrected chi connectivity index (χ2v) is 5.41. The summed E-state index contributed by atoms with van der Waals surface area (Å²) in [5.74, 6) is -0.575. The Balaban J connectivity index is 1.87.